The van der Waals surface area contributed by atoms with Gasteiger partial charge in [0.05, 0.1) is 0 Å². The van der Waals surface area contributed by atoms with Gasteiger partial charge in [-0.05, 0) is 19.8 Å². The molecule has 0 aliphatic rings. The second-order valence-corrected chi connectivity index (χ2v) is 5.90. The number of nitrogens with one attached hydrogen (secondary N) is 1. The van der Waals surface area contributed by atoms with Gasteiger partial charge in [0.25, 0.3) is 0 Å². The summed E-state index contributed by atoms with van der Waals surface area (Å²) in [7, 11) is 0. The van der Waals surface area contributed by atoms with Gasteiger partial charge in [0.1, 0.15) is 0 Å². The molecular formula is C16H36N2. The summed E-state index contributed by atoms with van der Waals surface area (Å²) in [5.41, 5.74) is 5.95. The minimum atomic E-state index is 0.320. The van der Waals surface area contributed by atoms with Crippen molar-refractivity contribution in [1.82, 2.24) is 5.32 Å². The maximum absolute atomic E-state index is 5.63. The largest absolute Gasteiger partial charge is 0.329 e. The fourth-order valence-electron chi connectivity index (χ4n) is 2.56. The molecule has 2 nitrogen and oxygen atoms in total. The zero-order valence-electron chi connectivity index (χ0n) is 13.1. The van der Waals surface area contributed by atoms with Crippen molar-refractivity contribution < 1.29 is 0 Å². The molecule has 0 aromatic carbocycles. The number of hydrogen-bond acceptors (Lipinski definition) is 2. The fraction of sp³-hybridized carbons (Fsp3) is 1.00. The molecule has 110 valence electrons. The van der Waals surface area contributed by atoms with Crippen LogP contribution < -0.4 is 11.1 Å². The number of unbranched alkanes of at least 4 members (excludes halogenated alkanes) is 6. The first-order chi connectivity index (χ1) is 8.68. The van der Waals surface area contributed by atoms with Crippen LogP contribution in [0.5, 0.6) is 0 Å². The fourth-order valence-corrected chi connectivity index (χ4v) is 2.56. The first-order valence-corrected chi connectivity index (χ1v) is 8.13. The van der Waals surface area contributed by atoms with E-state index in [0.29, 0.717) is 5.54 Å². The van der Waals surface area contributed by atoms with E-state index < -0.39 is 0 Å². The van der Waals surface area contributed by atoms with E-state index in [4.69, 9.17) is 5.73 Å². The van der Waals surface area contributed by atoms with Crippen molar-refractivity contribution >= 4 is 0 Å². The minimum absolute atomic E-state index is 0.320. The first kappa shape index (κ1) is 17.9. The van der Waals surface area contributed by atoms with Crippen molar-refractivity contribution in [2.75, 3.05) is 13.1 Å². The summed E-state index contributed by atoms with van der Waals surface area (Å²) in [6.07, 6.45) is 13.5. The van der Waals surface area contributed by atoms with E-state index in [2.05, 4.69) is 26.1 Å². The molecule has 0 saturated heterocycles. The zero-order chi connectivity index (χ0) is 13.7. The zero-order valence-corrected chi connectivity index (χ0v) is 13.1. The Bertz CT molecular complexity index is 156. The van der Waals surface area contributed by atoms with E-state index in [-0.39, 0.29) is 0 Å². The molecule has 0 rings (SSSR count). The van der Waals surface area contributed by atoms with Crippen LogP contribution >= 0.6 is 0 Å². The maximum Gasteiger partial charge on any atom is 0.0153 e. The molecule has 0 saturated carbocycles. The third-order valence-electron chi connectivity index (χ3n) is 3.86. The Hall–Kier alpha value is -0.0800. The molecule has 0 aliphatic carbocycles. The molecule has 0 bridgehead atoms. The van der Waals surface area contributed by atoms with Crippen LogP contribution in [0.25, 0.3) is 0 Å². The van der Waals surface area contributed by atoms with Crippen molar-refractivity contribution in [3.8, 4) is 0 Å². The van der Waals surface area contributed by atoms with E-state index in [9.17, 15) is 0 Å². The molecule has 0 amide bonds. The third-order valence-corrected chi connectivity index (χ3v) is 3.86. The molecule has 3 N–H and O–H groups in total. The van der Waals surface area contributed by atoms with Gasteiger partial charge in [0, 0.05) is 18.6 Å². The predicted octanol–water partition coefficient (Wildman–Crippen LogP) is 4.23. The average molecular weight is 256 g/mol. The molecule has 0 aromatic heterocycles. The van der Waals surface area contributed by atoms with Gasteiger partial charge in [-0.2, -0.15) is 0 Å². The van der Waals surface area contributed by atoms with Gasteiger partial charge in [-0.15, -0.1) is 0 Å². The van der Waals surface area contributed by atoms with Crippen LogP contribution in [-0.4, -0.2) is 18.6 Å². The van der Waals surface area contributed by atoms with Gasteiger partial charge >= 0.3 is 0 Å². The van der Waals surface area contributed by atoms with E-state index in [1.165, 1.54) is 64.2 Å². The second kappa shape index (κ2) is 12.0. The molecule has 0 fully saturated rings. The van der Waals surface area contributed by atoms with Crippen molar-refractivity contribution in [2.24, 2.45) is 5.73 Å². The lowest BCUT2D eigenvalue weighted by Crippen LogP contribution is -2.44. The molecule has 0 radical (unpaired) electrons. The second-order valence-electron chi connectivity index (χ2n) is 5.90. The van der Waals surface area contributed by atoms with Gasteiger partial charge in [0.2, 0.25) is 0 Å². The van der Waals surface area contributed by atoms with Crippen LogP contribution in [0.15, 0.2) is 0 Å². The van der Waals surface area contributed by atoms with Crippen LogP contribution in [0.1, 0.15) is 85.0 Å². The number of nitrogens with two attached hydrogens (primary N) is 1. The summed E-state index contributed by atoms with van der Waals surface area (Å²) >= 11 is 0. The van der Waals surface area contributed by atoms with Crippen molar-refractivity contribution in [3.05, 3.63) is 0 Å². The lowest BCUT2D eigenvalue weighted by Gasteiger charge is -2.31. The Morgan fingerprint density at radius 1 is 0.833 bits per heavy atom. The summed E-state index contributed by atoms with van der Waals surface area (Å²) in [4.78, 5) is 0. The molecule has 18 heavy (non-hydrogen) atoms. The van der Waals surface area contributed by atoms with Gasteiger partial charge in [-0.3, -0.25) is 0 Å². The molecule has 0 atom stereocenters. The monoisotopic (exact) mass is 256 g/mol. The highest BCUT2D eigenvalue weighted by Gasteiger charge is 2.21. The Balaban J connectivity index is 3.90. The predicted molar refractivity (Wildman–Crippen MR) is 83.0 cm³/mol. The summed E-state index contributed by atoms with van der Waals surface area (Å²) in [6, 6.07) is 0. The summed E-state index contributed by atoms with van der Waals surface area (Å²) in [5.74, 6) is 0. The third kappa shape index (κ3) is 9.90. The van der Waals surface area contributed by atoms with Crippen LogP contribution in [0.4, 0.5) is 0 Å². The van der Waals surface area contributed by atoms with Crippen LogP contribution in [0, 0.1) is 0 Å². The smallest absolute Gasteiger partial charge is 0.0153 e. The van der Waals surface area contributed by atoms with E-state index >= 15 is 0 Å². The van der Waals surface area contributed by atoms with Gasteiger partial charge < -0.3 is 11.1 Å². The Morgan fingerprint density at radius 3 is 1.72 bits per heavy atom. The Kier molecular flexibility index (Phi) is 11.9. The van der Waals surface area contributed by atoms with Crippen LogP contribution in [-0.2, 0) is 0 Å². The molecule has 0 unspecified atom stereocenters. The Morgan fingerprint density at radius 2 is 1.33 bits per heavy atom. The van der Waals surface area contributed by atoms with Gasteiger partial charge in [-0.1, -0.05) is 65.2 Å². The quantitative estimate of drug-likeness (QED) is 0.484. The normalized spacial score (nSPS) is 12.0. The molecular weight excluding hydrogens is 220 g/mol. The highest BCUT2D eigenvalue weighted by Crippen LogP contribution is 2.22. The Labute approximate surface area is 115 Å². The molecule has 0 spiro atoms. The standard InChI is InChI=1S/C16H36N2/c1-4-6-8-10-12-16(3,18-15-14-17)13-11-9-7-5-2/h18H,4-15,17H2,1-3H3. The summed E-state index contributed by atoms with van der Waals surface area (Å²) in [6.45, 7) is 8.64. The highest BCUT2D eigenvalue weighted by molar-refractivity contribution is 4.83. The average Bonchev–Trinajstić information content (AvgIpc) is 2.38. The minimum Gasteiger partial charge on any atom is -0.329 e. The molecule has 2 heteroatoms. The highest BCUT2D eigenvalue weighted by atomic mass is 15.0. The number of hydrogen-bond donors (Lipinski definition) is 2. The van der Waals surface area contributed by atoms with E-state index in [1.54, 1.807) is 0 Å². The van der Waals surface area contributed by atoms with Crippen LogP contribution in [0.3, 0.4) is 0 Å². The lowest BCUT2D eigenvalue weighted by molar-refractivity contribution is 0.290. The molecule has 0 aliphatic heterocycles. The maximum atomic E-state index is 5.63. The summed E-state index contributed by atoms with van der Waals surface area (Å²) < 4.78 is 0. The van der Waals surface area contributed by atoms with E-state index in [1.807, 2.05) is 0 Å². The summed E-state index contributed by atoms with van der Waals surface area (Å²) in [5, 5.41) is 3.67. The topological polar surface area (TPSA) is 38.0 Å². The number of rotatable bonds is 13. The lowest BCUT2D eigenvalue weighted by atomic mass is 9.88. The van der Waals surface area contributed by atoms with Crippen molar-refractivity contribution in [2.45, 2.75) is 90.5 Å². The van der Waals surface area contributed by atoms with Crippen molar-refractivity contribution in [3.63, 3.8) is 0 Å². The van der Waals surface area contributed by atoms with Gasteiger partial charge in [-0.25, -0.2) is 0 Å². The first-order valence-electron chi connectivity index (χ1n) is 8.13. The van der Waals surface area contributed by atoms with Crippen molar-refractivity contribution in [1.29, 1.82) is 0 Å². The van der Waals surface area contributed by atoms with E-state index in [0.717, 1.165) is 13.1 Å². The SMILES string of the molecule is CCCCCCC(C)(CCCCCC)NCCN. The molecule has 0 aromatic rings. The molecule has 0 heterocycles. The van der Waals surface area contributed by atoms with Gasteiger partial charge in [0.15, 0.2) is 0 Å². The van der Waals surface area contributed by atoms with Crippen LogP contribution in [0.2, 0.25) is 0 Å².